The first-order chi connectivity index (χ1) is 19.9. The second-order valence-electron chi connectivity index (χ2n) is 9.27. The molecule has 0 N–H and O–H groups in total. The summed E-state index contributed by atoms with van der Waals surface area (Å²) in [6, 6.07) is 21.9. The molecule has 3 aromatic carbocycles. The summed E-state index contributed by atoms with van der Waals surface area (Å²) in [5, 5.41) is 0.556. The minimum absolute atomic E-state index is 0.209. The molecular weight excluding hydrogens is 560 g/mol. The summed E-state index contributed by atoms with van der Waals surface area (Å²) in [5.74, 6) is 0.701. The van der Waals surface area contributed by atoms with Gasteiger partial charge in [0.25, 0.3) is 5.56 Å². The van der Waals surface area contributed by atoms with Gasteiger partial charge in [0.15, 0.2) is 16.3 Å². The lowest BCUT2D eigenvalue weighted by Gasteiger charge is -2.24. The first kappa shape index (κ1) is 28.4. The van der Waals surface area contributed by atoms with E-state index in [0.717, 1.165) is 16.7 Å². The molecule has 9 heteroatoms. The van der Waals surface area contributed by atoms with Crippen molar-refractivity contribution in [2.75, 3.05) is 13.2 Å². The summed E-state index contributed by atoms with van der Waals surface area (Å²) in [7, 11) is 0. The van der Waals surface area contributed by atoms with Gasteiger partial charge in [0.05, 0.1) is 35.1 Å². The number of rotatable bonds is 9. The number of hydrogen-bond acceptors (Lipinski definition) is 7. The van der Waals surface area contributed by atoms with E-state index in [1.165, 1.54) is 11.3 Å². The average Bonchev–Trinajstić information content (AvgIpc) is 3.27. The van der Waals surface area contributed by atoms with E-state index in [2.05, 4.69) is 4.99 Å². The number of thiazole rings is 1. The smallest absolute Gasteiger partial charge is 0.338 e. The van der Waals surface area contributed by atoms with Crippen LogP contribution in [0.1, 0.15) is 43.5 Å². The van der Waals surface area contributed by atoms with Gasteiger partial charge in [0, 0.05) is 5.02 Å². The SMILES string of the molecule is CCOC(=O)C1=C(C)N=c2s/c(=C\c3ccc(OCc4ccccc4)c(OCC)c3)c(=O)n2[C@H]1c1ccc(Cl)cc1. The standard InChI is InChI=1S/C32H29ClN2O5S/c1-4-38-26-17-22(11-16-25(26)40-19-21-9-7-6-8-10-21)18-27-30(36)35-29(23-12-14-24(33)15-13-23)28(31(37)39-5-2)20(3)34-32(35)41-27/h6-18,29H,4-5,19H2,1-3H3/b27-18-/t29-/m0/s1. The van der Waals surface area contributed by atoms with Gasteiger partial charge < -0.3 is 14.2 Å². The highest BCUT2D eigenvalue weighted by molar-refractivity contribution is 7.07. The Hall–Kier alpha value is -4.14. The van der Waals surface area contributed by atoms with Gasteiger partial charge in [-0.2, -0.15) is 0 Å². The molecule has 5 rings (SSSR count). The largest absolute Gasteiger partial charge is 0.490 e. The maximum absolute atomic E-state index is 13.9. The maximum atomic E-state index is 13.9. The van der Waals surface area contributed by atoms with E-state index in [9.17, 15) is 9.59 Å². The van der Waals surface area contributed by atoms with Gasteiger partial charge in [-0.1, -0.05) is 71.5 Å². The number of allylic oxidation sites excluding steroid dienone is 1. The quantitative estimate of drug-likeness (QED) is 0.244. The molecule has 0 aliphatic carbocycles. The Balaban J connectivity index is 1.56. The van der Waals surface area contributed by atoms with E-state index in [-0.39, 0.29) is 12.2 Å². The molecule has 0 bridgehead atoms. The number of hydrogen-bond donors (Lipinski definition) is 0. The molecule has 0 saturated heterocycles. The second kappa shape index (κ2) is 12.6. The van der Waals surface area contributed by atoms with Crippen LogP contribution in [-0.4, -0.2) is 23.8 Å². The molecule has 41 heavy (non-hydrogen) atoms. The Morgan fingerprint density at radius 2 is 1.76 bits per heavy atom. The fraction of sp³-hybridized carbons (Fsp3) is 0.219. The molecule has 0 spiro atoms. The number of halogens is 1. The van der Waals surface area contributed by atoms with Crippen molar-refractivity contribution in [2.45, 2.75) is 33.4 Å². The Morgan fingerprint density at radius 1 is 1.00 bits per heavy atom. The first-order valence-electron chi connectivity index (χ1n) is 13.3. The van der Waals surface area contributed by atoms with Gasteiger partial charge in [0.1, 0.15) is 6.61 Å². The highest BCUT2D eigenvalue weighted by Gasteiger charge is 2.33. The van der Waals surface area contributed by atoms with E-state index < -0.39 is 12.0 Å². The van der Waals surface area contributed by atoms with Crippen LogP contribution in [-0.2, 0) is 16.1 Å². The van der Waals surface area contributed by atoms with Gasteiger partial charge in [-0.25, -0.2) is 9.79 Å². The first-order valence-corrected chi connectivity index (χ1v) is 14.5. The average molecular weight is 589 g/mol. The lowest BCUT2D eigenvalue weighted by atomic mass is 9.96. The second-order valence-corrected chi connectivity index (χ2v) is 10.7. The van der Waals surface area contributed by atoms with E-state index in [4.69, 9.17) is 25.8 Å². The third-order valence-electron chi connectivity index (χ3n) is 6.51. The fourth-order valence-electron chi connectivity index (χ4n) is 4.64. The van der Waals surface area contributed by atoms with Crippen molar-refractivity contribution in [1.29, 1.82) is 0 Å². The molecule has 1 aliphatic rings. The summed E-state index contributed by atoms with van der Waals surface area (Å²) in [6.07, 6.45) is 1.80. The van der Waals surface area contributed by atoms with Gasteiger partial charge in [0.2, 0.25) is 0 Å². The number of fused-ring (bicyclic) bond motifs is 1. The summed E-state index contributed by atoms with van der Waals surface area (Å²) >= 11 is 7.40. The van der Waals surface area contributed by atoms with E-state index >= 15 is 0 Å². The highest BCUT2D eigenvalue weighted by atomic mass is 35.5. The van der Waals surface area contributed by atoms with Crippen LogP contribution >= 0.6 is 22.9 Å². The fourth-order valence-corrected chi connectivity index (χ4v) is 5.81. The predicted molar refractivity (Wildman–Crippen MR) is 160 cm³/mol. The summed E-state index contributed by atoms with van der Waals surface area (Å²) in [5.41, 5.74) is 3.13. The minimum atomic E-state index is -0.697. The Bertz CT molecular complexity index is 1780. The van der Waals surface area contributed by atoms with Crippen LogP contribution in [0.3, 0.4) is 0 Å². The third kappa shape index (κ3) is 6.14. The van der Waals surface area contributed by atoms with Crippen molar-refractivity contribution in [3.05, 3.63) is 125 Å². The number of carbonyl (C=O) groups is 1. The van der Waals surface area contributed by atoms with E-state index in [1.807, 2.05) is 67.6 Å². The highest BCUT2D eigenvalue weighted by Crippen LogP contribution is 2.32. The van der Waals surface area contributed by atoms with Gasteiger partial charge in [-0.15, -0.1) is 0 Å². The lowest BCUT2D eigenvalue weighted by molar-refractivity contribution is -0.139. The van der Waals surface area contributed by atoms with Crippen LogP contribution in [0.4, 0.5) is 0 Å². The van der Waals surface area contributed by atoms with E-state index in [0.29, 0.717) is 50.3 Å². The van der Waals surface area contributed by atoms with Crippen molar-refractivity contribution >= 4 is 35.0 Å². The van der Waals surface area contributed by atoms with Gasteiger partial charge >= 0.3 is 5.97 Å². The number of carbonyl (C=O) groups excluding carboxylic acids is 1. The molecule has 210 valence electrons. The number of nitrogens with zero attached hydrogens (tertiary/aromatic N) is 2. The predicted octanol–water partition coefficient (Wildman–Crippen LogP) is 5.43. The molecule has 4 aromatic rings. The van der Waals surface area contributed by atoms with Gasteiger partial charge in [-0.05, 0) is 67.8 Å². The Kier molecular flexibility index (Phi) is 8.71. The normalized spacial score (nSPS) is 14.8. The van der Waals surface area contributed by atoms with Crippen molar-refractivity contribution < 1.29 is 19.0 Å². The summed E-state index contributed by atoms with van der Waals surface area (Å²) in [6.45, 7) is 6.49. The monoisotopic (exact) mass is 588 g/mol. The molecule has 1 aromatic heterocycles. The zero-order valence-corrected chi connectivity index (χ0v) is 24.5. The van der Waals surface area contributed by atoms with Crippen molar-refractivity contribution in [2.24, 2.45) is 4.99 Å². The number of ether oxygens (including phenoxy) is 3. The Labute approximate surface area is 246 Å². The molecule has 0 radical (unpaired) electrons. The van der Waals surface area contributed by atoms with Crippen LogP contribution in [0.5, 0.6) is 11.5 Å². The topological polar surface area (TPSA) is 79.1 Å². The van der Waals surface area contributed by atoms with Crippen LogP contribution in [0, 0.1) is 0 Å². The van der Waals surface area contributed by atoms with Crippen LogP contribution in [0.25, 0.3) is 6.08 Å². The molecule has 0 saturated carbocycles. The lowest BCUT2D eigenvalue weighted by Crippen LogP contribution is -2.39. The van der Waals surface area contributed by atoms with Crippen molar-refractivity contribution in [1.82, 2.24) is 4.57 Å². The Morgan fingerprint density at radius 3 is 2.46 bits per heavy atom. The number of aromatic nitrogens is 1. The van der Waals surface area contributed by atoms with Gasteiger partial charge in [-0.3, -0.25) is 9.36 Å². The van der Waals surface area contributed by atoms with E-state index in [1.54, 1.807) is 36.6 Å². The number of esters is 1. The van der Waals surface area contributed by atoms with Crippen LogP contribution in [0.2, 0.25) is 5.02 Å². The molecule has 2 heterocycles. The molecule has 1 aliphatic heterocycles. The maximum Gasteiger partial charge on any atom is 0.338 e. The third-order valence-corrected chi connectivity index (χ3v) is 7.74. The summed E-state index contributed by atoms with van der Waals surface area (Å²) in [4.78, 5) is 32.0. The molecule has 1 atom stereocenters. The molecule has 0 unspecified atom stereocenters. The minimum Gasteiger partial charge on any atom is -0.490 e. The summed E-state index contributed by atoms with van der Waals surface area (Å²) < 4.78 is 19.3. The molecule has 0 amide bonds. The van der Waals surface area contributed by atoms with Crippen molar-refractivity contribution in [3.8, 4) is 11.5 Å². The zero-order chi connectivity index (χ0) is 28.9. The molecular formula is C32H29ClN2O5S. The van der Waals surface area contributed by atoms with Crippen LogP contribution < -0.4 is 24.4 Å². The molecule has 0 fully saturated rings. The van der Waals surface area contributed by atoms with Crippen molar-refractivity contribution in [3.63, 3.8) is 0 Å². The van der Waals surface area contributed by atoms with Crippen LogP contribution in [0.15, 0.2) is 93.9 Å². The zero-order valence-electron chi connectivity index (χ0n) is 22.9. The number of benzene rings is 3. The molecule has 7 nitrogen and oxygen atoms in total.